The third-order valence-electron chi connectivity index (χ3n) is 4.36. The molecule has 0 aromatic heterocycles. The number of amides is 1. The second-order valence-corrected chi connectivity index (χ2v) is 6.01. The van der Waals surface area contributed by atoms with Gasteiger partial charge in [-0.2, -0.15) is 0 Å². The molecule has 2 aromatic carbocycles. The fourth-order valence-corrected chi connectivity index (χ4v) is 3.10. The molecule has 0 N–H and O–H groups in total. The zero-order valence-corrected chi connectivity index (χ0v) is 13.8. The smallest absolute Gasteiger partial charge is 0.251 e. The molecule has 0 aliphatic carbocycles. The van der Waals surface area contributed by atoms with Gasteiger partial charge in [0.25, 0.3) is 5.91 Å². The molecule has 2 aliphatic rings. The summed E-state index contributed by atoms with van der Waals surface area (Å²) in [5.41, 5.74) is 1.78. The number of rotatable bonds is 4. The van der Waals surface area contributed by atoms with E-state index in [1.807, 2.05) is 53.4 Å². The van der Waals surface area contributed by atoms with E-state index in [2.05, 4.69) is 0 Å². The summed E-state index contributed by atoms with van der Waals surface area (Å²) in [6.07, 6.45) is 4.25. The molecule has 2 heterocycles. The lowest BCUT2D eigenvalue weighted by molar-refractivity contribution is -0.114. The van der Waals surface area contributed by atoms with Gasteiger partial charge < -0.3 is 19.1 Å². The maximum absolute atomic E-state index is 12.9. The van der Waals surface area contributed by atoms with Gasteiger partial charge in [-0.3, -0.25) is 4.79 Å². The number of benzene rings is 2. The van der Waals surface area contributed by atoms with Crippen molar-refractivity contribution in [1.82, 2.24) is 0 Å². The van der Waals surface area contributed by atoms with Crippen molar-refractivity contribution in [3.05, 3.63) is 60.2 Å². The number of fused-ring (bicyclic) bond motifs is 1. The van der Waals surface area contributed by atoms with E-state index in [9.17, 15) is 4.79 Å². The lowest BCUT2D eigenvalue weighted by atomic mass is 10.1. The van der Waals surface area contributed by atoms with Crippen LogP contribution in [-0.4, -0.2) is 32.0 Å². The molecule has 1 atom stereocenters. The maximum atomic E-state index is 12.9. The molecule has 0 bridgehead atoms. The Morgan fingerprint density at radius 3 is 2.72 bits per heavy atom. The Labute approximate surface area is 146 Å². The lowest BCUT2D eigenvalue weighted by Gasteiger charge is -2.27. The molecule has 0 spiro atoms. The van der Waals surface area contributed by atoms with Crippen LogP contribution in [0.15, 0.2) is 54.6 Å². The second kappa shape index (κ2) is 6.99. The van der Waals surface area contributed by atoms with Crippen LogP contribution >= 0.6 is 0 Å². The first-order valence-corrected chi connectivity index (χ1v) is 8.35. The van der Waals surface area contributed by atoms with E-state index in [0.717, 1.165) is 23.4 Å². The number of anilines is 1. The predicted octanol–water partition coefficient (Wildman–Crippen LogP) is 3.25. The van der Waals surface area contributed by atoms with E-state index in [0.29, 0.717) is 19.0 Å². The van der Waals surface area contributed by atoms with Crippen LogP contribution in [0.5, 0.6) is 11.5 Å². The number of hydrogen-bond acceptors (Lipinski definition) is 4. The molecular weight excluding hydrogens is 318 g/mol. The molecule has 128 valence electrons. The van der Waals surface area contributed by atoms with Gasteiger partial charge >= 0.3 is 0 Å². The van der Waals surface area contributed by atoms with Crippen LogP contribution in [0.2, 0.25) is 0 Å². The first kappa shape index (κ1) is 15.7. The van der Waals surface area contributed by atoms with Crippen LogP contribution in [0.1, 0.15) is 12.0 Å². The Morgan fingerprint density at radius 1 is 1.08 bits per heavy atom. The molecule has 2 aliphatic heterocycles. The largest absolute Gasteiger partial charge is 0.454 e. The van der Waals surface area contributed by atoms with Crippen molar-refractivity contribution in [3.63, 3.8) is 0 Å². The molecule has 2 aromatic rings. The van der Waals surface area contributed by atoms with Crippen LogP contribution in [0.3, 0.4) is 0 Å². The summed E-state index contributed by atoms with van der Waals surface area (Å²) < 4.78 is 16.2. The van der Waals surface area contributed by atoms with Gasteiger partial charge in [0.2, 0.25) is 6.79 Å². The molecule has 4 rings (SSSR count). The fourth-order valence-electron chi connectivity index (χ4n) is 3.10. The van der Waals surface area contributed by atoms with Crippen LogP contribution in [0.25, 0.3) is 6.08 Å². The molecule has 0 radical (unpaired) electrons. The second-order valence-electron chi connectivity index (χ2n) is 6.01. The van der Waals surface area contributed by atoms with E-state index in [4.69, 9.17) is 14.2 Å². The van der Waals surface area contributed by atoms with Crippen molar-refractivity contribution in [2.24, 2.45) is 0 Å². The first-order chi connectivity index (χ1) is 12.3. The van der Waals surface area contributed by atoms with Gasteiger partial charge in [0.15, 0.2) is 11.5 Å². The van der Waals surface area contributed by atoms with E-state index < -0.39 is 0 Å². The normalized spacial score (nSPS) is 18.6. The summed E-state index contributed by atoms with van der Waals surface area (Å²) >= 11 is 0. The van der Waals surface area contributed by atoms with Crippen molar-refractivity contribution in [2.45, 2.75) is 12.5 Å². The number of carbonyl (C=O) groups excluding carboxylic acids is 1. The summed E-state index contributed by atoms with van der Waals surface area (Å²) in [7, 11) is 0. The Morgan fingerprint density at radius 2 is 1.92 bits per heavy atom. The van der Waals surface area contributed by atoms with Gasteiger partial charge in [-0.15, -0.1) is 0 Å². The summed E-state index contributed by atoms with van der Waals surface area (Å²) in [5.74, 6) is 1.38. The lowest BCUT2D eigenvalue weighted by Crippen LogP contribution is -2.40. The quantitative estimate of drug-likeness (QED) is 0.804. The minimum absolute atomic E-state index is 0.0561. The minimum atomic E-state index is -0.0561. The number of nitrogens with zero attached hydrogens (tertiary/aromatic N) is 1. The molecule has 1 saturated heterocycles. The standard InChI is InChI=1S/C20H19NO4/c22-20(9-7-15-6-8-18-19(12-15)25-14-24-18)21(17-10-11-23-13-17)16-4-2-1-3-5-16/h1-9,12,17H,10-11,13-14H2/b9-7+. The Bertz CT molecular complexity index is 782. The highest BCUT2D eigenvalue weighted by Crippen LogP contribution is 2.33. The fraction of sp³-hybridized carbons (Fsp3) is 0.250. The summed E-state index contributed by atoms with van der Waals surface area (Å²) in [5, 5.41) is 0. The molecule has 5 nitrogen and oxygen atoms in total. The van der Waals surface area contributed by atoms with Gasteiger partial charge in [-0.05, 0) is 42.3 Å². The van der Waals surface area contributed by atoms with E-state index in [-0.39, 0.29) is 18.7 Å². The van der Waals surface area contributed by atoms with E-state index in [1.165, 1.54) is 0 Å². The van der Waals surface area contributed by atoms with Crippen molar-refractivity contribution in [3.8, 4) is 11.5 Å². The highest BCUT2D eigenvalue weighted by Gasteiger charge is 2.27. The van der Waals surface area contributed by atoms with Gasteiger partial charge in [0, 0.05) is 18.4 Å². The van der Waals surface area contributed by atoms with Crippen molar-refractivity contribution in [1.29, 1.82) is 0 Å². The third-order valence-corrected chi connectivity index (χ3v) is 4.36. The Balaban J connectivity index is 1.56. The topological polar surface area (TPSA) is 48.0 Å². The molecule has 1 amide bonds. The zero-order valence-electron chi connectivity index (χ0n) is 13.8. The first-order valence-electron chi connectivity index (χ1n) is 8.35. The molecule has 25 heavy (non-hydrogen) atoms. The molecule has 1 fully saturated rings. The van der Waals surface area contributed by atoms with Crippen molar-refractivity contribution in [2.75, 3.05) is 24.9 Å². The number of ether oxygens (including phenoxy) is 3. The Hall–Kier alpha value is -2.79. The third kappa shape index (κ3) is 3.37. The zero-order chi connectivity index (χ0) is 17.1. The minimum Gasteiger partial charge on any atom is -0.454 e. The summed E-state index contributed by atoms with van der Waals surface area (Å²) in [6, 6.07) is 15.4. The number of para-hydroxylation sites is 1. The molecule has 5 heteroatoms. The van der Waals surface area contributed by atoms with Crippen molar-refractivity contribution >= 4 is 17.7 Å². The summed E-state index contributed by atoms with van der Waals surface area (Å²) in [6.45, 7) is 1.50. The average molecular weight is 337 g/mol. The van der Waals surface area contributed by atoms with E-state index >= 15 is 0 Å². The highest BCUT2D eigenvalue weighted by atomic mass is 16.7. The Kier molecular flexibility index (Phi) is 4.39. The molecule has 0 saturated carbocycles. The van der Waals surface area contributed by atoms with Crippen molar-refractivity contribution < 1.29 is 19.0 Å². The van der Waals surface area contributed by atoms with Gasteiger partial charge in [0.05, 0.1) is 12.6 Å². The van der Waals surface area contributed by atoms with Gasteiger partial charge in [-0.1, -0.05) is 24.3 Å². The van der Waals surface area contributed by atoms with Gasteiger partial charge in [-0.25, -0.2) is 0 Å². The van der Waals surface area contributed by atoms with Crippen LogP contribution in [0.4, 0.5) is 5.69 Å². The van der Waals surface area contributed by atoms with Gasteiger partial charge in [0.1, 0.15) is 0 Å². The van der Waals surface area contributed by atoms with Crippen LogP contribution in [0, 0.1) is 0 Å². The van der Waals surface area contributed by atoms with Crippen LogP contribution < -0.4 is 14.4 Å². The molecular formula is C20H19NO4. The molecule has 1 unspecified atom stereocenters. The summed E-state index contributed by atoms with van der Waals surface area (Å²) in [4.78, 5) is 14.7. The monoisotopic (exact) mass is 337 g/mol. The number of carbonyl (C=O) groups is 1. The van der Waals surface area contributed by atoms with Crippen LogP contribution in [-0.2, 0) is 9.53 Å². The average Bonchev–Trinajstić information content (AvgIpc) is 3.32. The maximum Gasteiger partial charge on any atom is 0.251 e. The SMILES string of the molecule is O=C(/C=C/c1ccc2c(c1)OCO2)N(c1ccccc1)C1CCOC1. The highest BCUT2D eigenvalue weighted by molar-refractivity contribution is 6.04. The predicted molar refractivity (Wildman–Crippen MR) is 94.8 cm³/mol. The number of hydrogen-bond donors (Lipinski definition) is 0. The van der Waals surface area contributed by atoms with E-state index in [1.54, 1.807) is 12.2 Å².